The van der Waals surface area contributed by atoms with E-state index in [0.29, 0.717) is 28.6 Å². The van der Waals surface area contributed by atoms with Crippen molar-refractivity contribution in [3.8, 4) is 0 Å². The quantitative estimate of drug-likeness (QED) is 0.716. The number of fused-ring (bicyclic) bond motifs is 5. The molecule has 0 aromatic carbocycles. The van der Waals surface area contributed by atoms with Gasteiger partial charge in [0.1, 0.15) is 5.78 Å². The van der Waals surface area contributed by atoms with Crippen LogP contribution in [0, 0.1) is 34.5 Å². The Morgan fingerprint density at radius 1 is 1.09 bits per heavy atom. The van der Waals surface area contributed by atoms with Crippen molar-refractivity contribution in [2.75, 3.05) is 7.11 Å². The largest absolute Gasteiger partial charge is 0.381 e. The van der Waals surface area contributed by atoms with Crippen LogP contribution >= 0.6 is 0 Å². The van der Waals surface area contributed by atoms with Gasteiger partial charge >= 0.3 is 0 Å². The van der Waals surface area contributed by atoms with E-state index in [-0.39, 0.29) is 0 Å². The predicted octanol–water partition coefficient (Wildman–Crippen LogP) is 5.00. The van der Waals surface area contributed by atoms with Gasteiger partial charge in [-0.15, -0.1) is 0 Å². The van der Waals surface area contributed by atoms with E-state index < -0.39 is 0 Å². The lowest BCUT2D eigenvalue weighted by Gasteiger charge is -2.60. The van der Waals surface area contributed by atoms with Crippen LogP contribution in [0.3, 0.4) is 0 Å². The third kappa shape index (κ3) is 2.12. The molecule has 4 aliphatic rings. The molecule has 0 bridgehead atoms. The lowest BCUT2D eigenvalue weighted by molar-refractivity contribution is -0.146. The number of rotatable bonds is 2. The fourth-order valence-corrected chi connectivity index (χ4v) is 7.83. The van der Waals surface area contributed by atoms with Gasteiger partial charge in [0.2, 0.25) is 0 Å². The third-order valence-corrected chi connectivity index (χ3v) is 9.06. The highest BCUT2D eigenvalue weighted by Crippen LogP contribution is 2.67. The summed E-state index contributed by atoms with van der Waals surface area (Å²) >= 11 is 0. The Morgan fingerprint density at radius 3 is 2.65 bits per heavy atom. The van der Waals surface area contributed by atoms with Crippen molar-refractivity contribution in [1.82, 2.24) is 0 Å². The van der Waals surface area contributed by atoms with Crippen molar-refractivity contribution in [2.24, 2.45) is 34.5 Å². The van der Waals surface area contributed by atoms with E-state index >= 15 is 0 Å². The highest BCUT2D eigenvalue weighted by atomic mass is 16.5. The number of ether oxygens (including phenoxy) is 1. The average molecular weight is 319 g/mol. The van der Waals surface area contributed by atoms with Crippen molar-refractivity contribution in [3.05, 3.63) is 0 Å². The summed E-state index contributed by atoms with van der Waals surface area (Å²) in [4.78, 5) is 12.0. The van der Waals surface area contributed by atoms with Crippen LogP contribution in [-0.4, -0.2) is 19.0 Å². The SMILES string of the molecule is CCC12CCC3C(CCC4CC(=O)CC[C@@]43C)C1CCC2OC. The second-order valence-electron chi connectivity index (χ2n) is 9.33. The van der Waals surface area contributed by atoms with Crippen LogP contribution < -0.4 is 0 Å². The van der Waals surface area contributed by atoms with Gasteiger partial charge in [0.05, 0.1) is 6.10 Å². The van der Waals surface area contributed by atoms with Crippen LogP contribution in [0.5, 0.6) is 0 Å². The molecule has 0 N–H and O–H groups in total. The summed E-state index contributed by atoms with van der Waals surface area (Å²) in [5, 5.41) is 0. The minimum Gasteiger partial charge on any atom is -0.381 e. The van der Waals surface area contributed by atoms with Gasteiger partial charge < -0.3 is 4.74 Å². The van der Waals surface area contributed by atoms with Crippen LogP contribution in [0.25, 0.3) is 0 Å². The summed E-state index contributed by atoms with van der Waals surface area (Å²) in [7, 11) is 1.93. The average Bonchev–Trinajstić information content (AvgIpc) is 2.94. The minimum absolute atomic E-state index is 0.446. The number of carbonyl (C=O) groups excluding carboxylic acids is 1. The molecular formula is C21H34O2. The van der Waals surface area contributed by atoms with Crippen molar-refractivity contribution in [3.63, 3.8) is 0 Å². The fourth-order valence-electron chi connectivity index (χ4n) is 7.83. The van der Waals surface area contributed by atoms with Gasteiger partial charge in [-0.1, -0.05) is 13.8 Å². The monoisotopic (exact) mass is 318 g/mol. The first-order chi connectivity index (χ1) is 11.0. The zero-order chi connectivity index (χ0) is 16.2. The number of carbonyl (C=O) groups is 1. The second kappa shape index (κ2) is 5.58. The Morgan fingerprint density at radius 2 is 1.91 bits per heavy atom. The Labute approximate surface area is 141 Å². The number of hydrogen-bond acceptors (Lipinski definition) is 2. The van der Waals surface area contributed by atoms with Gasteiger partial charge in [-0.05, 0) is 85.9 Å². The summed E-state index contributed by atoms with van der Waals surface area (Å²) < 4.78 is 5.96. The Hall–Kier alpha value is -0.370. The number of ketones is 1. The normalized spacial score (nSPS) is 52.7. The second-order valence-corrected chi connectivity index (χ2v) is 9.33. The maximum atomic E-state index is 12.0. The zero-order valence-corrected chi connectivity index (χ0v) is 15.3. The molecule has 4 fully saturated rings. The molecule has 23 heavy (non-hydrogen) atoms. The summed E-state index contributed by atoms with van der Waals surface area (Å²) in [6.45, 7) is 4.94. The van der Waals surface area contributed by atoms with Crippen LogP contribution in [0.1, 0.15) is 78.1 Å². The van der Waals surface area contributed by atoms with E-state index in [1.165, 1.54) is 44.9 Å². The Kier molecular flexibility index (Phi) is 3.91. The first-order valence-electron chi connectivity index (χ1n) is 10.1. The lowest BCUT2D eigenvalue weighted by Crippen LogP contribution is -2.54. The van der Waals surface area contributed by atoms with Gasteiger partial charge in [0.15, 0.2) is 0 Å². The summed E-state index contributed by atoms with van der Waals surface area (Å²) in [5.74, 6) is 3.86. The van der Waals surface area contributed by atoms with Gasteiger partial charge in [-0.3, -0.25) is 4.79 Å². The highest BCUT2D eigenvalue weighted by Gasteiger charge is 2.61. The molecule has 130 valence electrons. The molecule has 2 heteroatoms. The predicted molar refractivity (Wildman–Crippen MR) is 92.1 cm³/mol. The molecule has 7 atom stereocenters. The fraction of sp³-hybridized carbons (Fsp3) is 0.952. The van der Waals surface area contributed by atoms with E-state index in [4.69, 9.17) is 4.74 Å². The molecule has 0 spiro atoms. The van der Waals surface area contributed by atoms with Gasteiger partial charge in [0.25, 0.3) is 0 Å². The maximum Gasteiger partial charge on any atom is 0.133 e. The van der Waals surface area contributed by atoms with Gasteiger partial charge in [-0.2, -0.15) is 0 Å². The molecule has 0 aliphatic heterocycles. The standard InChI is InChI=1S/C21H34O2/c1-4-21-12-10-17-16(18(21)7-8-19(21)23-3)6-5-14-13-15(22)9-11-20(14,17)2/h14,16-19H,4-13H2,1-3H3/t14?,16?,17?,18?,19?,20-,21?/m0/s1. The Bertz CT molecular complexity index is 486. The molecule has 4 saturated carbocycles. The number of hydrogen-bond donors (Lipinski definition) is 0. The molecule has 4 rings (SSSR count). The molecule has 0 radical (unpaired) electrons. The molecule has 0 saturated heterocycles. The van der Waals surface area contributed by atoms with Crippen LogP contribution in [0.2, 0.25) is 0 Å². The molecule has 6 unspecified atom stereocenters. The topological polar surface area (TPSA) is 26.3 Å². The van der Waals surface area contributed by atoms with Gasteiger partial charge in [-0.25, -0.2) is 0 Å². The van der Waals surface area contributed by atoms with E-state index in [2.05, 4.69) is 13.8 Å². The number of methoxy groups -OCH3 is 1. The molecule has 4 aliphatic carbocycles. The molecular weight excluding hydrogens is 284 g/mol. The van der Waals surface area contributed by atoms with E-state index in [1.54, 1.807) is 0 Å². The highest BCUT2D eigenvalue weighted by molar-refractivity contribution is 5.79. The smallest absolute Gasteiger partial charge is 0.133 e. The van der Waals surface area contributed by atoms with Crippen molar-refractivity contribution < 1.29 is 9.53 Å². The van der Waals surface area contributed by atoms with Crippen LogP contribution in [-0.2, 0) is 9.53 Å². The van der Waals surface area contributed by atoms with E-state index in [1.807, 2.05) is 7.11 Å². The molecule has 0 amide bonds. The maximum absolute atomic E-state index is 12.0. The summed E-state index contributed by atoms with van der Waals surface area (Å²) in [5.41, 5.74) is 0.908. The van der Waals surface area contributed by atoms with Crippen LogP contribution in [0.4, 0.5) is 0 Å². The molecule has 0 heterocycles. The van der Waals surface area contributed by atoms with Crippen LogP contribution in [0.15, 0.2) is 0 Å². The first kappa shape index (κ1) is 16.1. The van der Waals surface area contributed by atoms with E-state index in [9.17, 15) is 4.79 Å². The molecule has 0 aromatic heterocycles. The first-order valence-corrected chi connectivity index (χ1v) is 10.1. The number of Topliss-reactive ketones (excluding diaryl/α,β-unsaturated/α-hetero) is 1. The van der Waals surface area contributed by atoms with Gasteiger partial charge in [0, 0.05) is 20.0 Å². The lowest BCUT2D eigenvalue weighted by atomic mass is 9.44. The molecule has 0 aromatic rings. The van der Waals surface area contributed by atoms with Crippen molar-refractivity contribution >= 4 is 5.78 Å². The van der Waals surface area contributed by atoms with E-state index in [0.717, 1.165) is 37.0 Å². The third-order valence-electron chi connectivity index (χ3n) is 9.06. The zero-order valence-electron chi connectivity index (χ0n) is 15.3. The van der Waals surface area contributed by atoms with Crippen molar-refractivity contribution in [2.45, 2.75) is 84.2 Å². The molecule has 2 nitrogen and oxygen atoms in total. The minimum atomic E-state index is 0.446. The Balaban J connectivity index is 1.63. The summed E-state index contributed by atoms with van der Waals surface area (Å²) in [6, 6.07) is 0. The summed E-state index contributed by atoms with van der Waals surface area (Å²) in [6.07, 6.45) is 12.8. The van der Waals surface area contributed by atoms with Crippen molar-refractivity contribution in [1.29, 1.82) is 0 Å².